The van der Waals surface area contributed by atoms with Crippen molar-refractivity contribution in [2.45, 2.75) is 26.3 Å². The molecule has 0 saturated heterocycles. The smallest absolute Gasteiger partial charge is 0.274 e. The van der Waals surface area contributed by atoms with Crippen molar-refractivity contribution in [2.24, 2.45) is 5.92 Å². The number of carbonyl (C=O) groups excluding carboxylic acids is 1. The summed E-state index contributed by atoms with van der Waals surface area (Å²) in [4.78, 5) is 20.4. The lowest BCUT2D eigenvalue weighted by atomic mass is 10.0. The molecule has 0 radical (unpaired) electrons. The van der Waals surface area contributed by atoms with Crippen LogP contribution in [0.3, 0.4) is 0 Å². The van der Waals surface area contributed by atoms with Gasteiger partial charge in [-0.15, -0.1) is 0 Å². The van der Waals surface area contributed by atoms with Gasteiger partial charge in [0.1, 0.15) is 18.6 Å². The molecule has 23 heavy (non-hydrogen) atoms. The molecule has 0 aliphatic rings. The first-order chi connectivity index (χ1) is 11.1. The number of hydrogen-bond donors (Lipinski definition) is 2. The maximum atomic E-state index is 12.2. The van der Waals surface area contributed by atoms with Gasteiger partial charge in [0, 0.05) is 6.07 Å². The standard InChI is InChI=1S/C13H15N7O3/c1-7(2)5-9(16-12(21)8-3-4-22-19-8)13-17-11(20-23-13)10-14-6-15-18-10/h3-4,6-7,9H,5H2,1-2H3,(H,16,21)(H,14,15,18). The van der Waals surface area contributed by atoms with E-state index in [1.807, 2.05) is 13.8 Å². The SMILES string of the molecule is CC(C)CC(NC(=O)c1ccon1)c1nc(-c2ncn[nH]2)no1. The Kier molecular flexibility index (Phi) is 4.13. The van der Waals surface area contributed by atoms with E-state index in [1.165, 1.54) is 18.7 Å². The number of carbonyl (C=O) groups is 1. The van der Waals surface area contributed by atoms with Crippen LogP contribution in [0.25, 0.3) is 11.6 Å². The number of nitrogens with one attached hydrogen (secondary N) is 2. The number of amides is 1. The van der Waals surface area contributed by atoms with Crippen molar-refractivity contribution in [1.82, 2.24) is 35.8 Å². The Morgan fingerprint density at radius 2 is 2.26 bits per heavy atom. The van der Waals surface area contributed by atoms with E-state index in [0.717, 1.165) is 0 Å². The van der Waals surface area contributed by atoms with E-state index < -0.39 is 6.04 Å². The predicted molar refractivity (Wildman–Crippen MR) is 75.8 cm³/mol. The minimum Gasteiger partial charge on any atom is -0.364 e. The zero-order valence-corrected chi connectivity index (χ0v) is 12.6. The van der Waals surface area contributed by atoms with E-state index in [0.29, 0.717) is 24.1 Å². The molecule has 0 bridgehead atoms. The van der Waals surface area contributed by atoms with Gasteiger partial charge in [0.2, 0.25) is 11.7 Å². The third-order valence-electron chi connectivity index (χ3n) is 3.05. The molecule has 0 fully saturated rings. The first-order valence-electron chi connectivity index (χ1n) is 7.04. The number of aromatic amines is 1. The maximum Gasteiger partial charge on any atom is 0.274 e. The summed E-state index contributed by atoms with van der Waals surface area (Å²) in [6.07, 6.45) is 3.31. The second-order valence-electron chi connectivity index (χ2n) is 5.33. The van der Waals surface area contributed by atoms with Crippen LogP contribution in [0.1, 0.15) is 42.7 Å². The quantitative estimate of drug-likeness (QED) is 0.695. The first kappa shape index (κ1) is 14.9. The van der Waals surface area contributed by atoms with E-state index in [9.17, 15) is 4.79 Å². The minimum atomic E-state index is -0.441. The summed E-state index contributed by atoms with van der Waals surface area (Å²) in [7, 11) is 0. The third-order valence-corrected chi connectivity index (χ3v) is 3.05. The summed E-state index contributed by atoms with van der Waals surface area (Å²) in [5.74, 6) is 0.900. The average Bonchev–Trinajstić information content (AvgIpc) is 3.25. The van der Waals surface area contributed by atoms with Crippen molar-refractivity contribution in [3.63, 3.8) is 0 Å². The van der Waals surface area contributed by atoms with Gasteiger partial charge in [0.05, 0.1) is 0 Å². The van der Waals surface area contributed by atoms with Gasteiger partial charge in [-0.25, -0.2) is 4.98 Å². The molecule has 3 aromatic heterocycles. The van der Waals surface area contributed by atoms with Crippen molar-refractivity contribution in [2.75, 3.05) is 0 Å². The molecule has 10 heteroatoms. The zero-order valence-electron chi connectivity index (χ0n) is 12.6. The molecule has 3 aromatic rings. The Bertz CT molecular complexity index is 748. The van der Waals surface area contributed by atoms with Crippen molar-refractivity contribution in [3.8, 4) is 11.6 Å². The van der Waals surface area contributed by atoms with Crippen LogP contribution in [0.2, 0.25) is 0 Å². The van der Waals surface area contributed by atoms with Crippen LogP contribution in [0, 0.1) is 5.92 Å². The molecule has 2 N–H and O–H groups in total. The Labute approximate surface area is 130 Å². The van der Waals surface area contributed by atoms with Crippen molar-refractivity contribution in [3.05, 3.63) is 30.2 Å². The molecule has 1 unspecified atom stereocenters. The number of nitrogens with zero attached hydrogens (tertiary/aromatic N) is 5. The lowest BCUT2D eigenvalue weighted by Crippen LogP contribution is -2.30. The Hall–Kier alpha value is -3.04. The number of aromatic nitrogens is 6. The van der Waals surface area contributed by atoms with E-state index >= 15 is 0 Å². The van der Waals surface area contributed by atoms with Gasteiger partial charge in [0.15, 0.2) is 11.5 Å². The molecule has 1 atom stereocenters. The molecule has 0 aliphatic heterocycles. The second kappa shape index (κ2) is 6.38. The largest absolute Gasteiger partial charge is 0.364 e. The molecule has 3 heterocycles. The van der Waals surface area contributed by atoms with Crippen molar-refractivity contribution < 1.29 is 13.8 Å². The normalized spacial score (nSPS) is 12.5. The molecule has 0 aromatic carbocycles. The van der Waals surface area contributed by atoms with E-state index in [-0.39, 0.29) is 17.4 Å². The molecule has 0 aliphatic carbocycles. The van der Waals surface area contributed by atoms with Gasteiger partial charge in [-0.05, 0) is 12.3 Å². The number of hydrogen-bond acceptors (Lipinski definition) is 8. The van der Waals surface area contributed by atoms with Gasteiger partial charge in [0.25, 0.3) is 5.91 Å². The molecular weight excluding hydrogens is 302 g/mol. The van der Waals surface area contributed by atoms with Crippen LogP contribution in [0.4, 0.5) is 0 Å². The molecule has 1 amide bonds. The highest BCUT2D eigenvalue weighted by molar-refractivity contribution is 5.92. The molecule has 0 spiro atoms. The Balaban J connectivity index is 1.80. The van der Waals surface area contributed by atoms with Gasteiger partial charge in [-0.1, -0.05) is 24.2 Å². The Morgan fingerprint density at radius 3 is 2.91 bits per heavy atom. The van der Waals surface area contributed by atoms with E-state index in [4.69, 9.17) is 4.52 Å². The minimum absolute atomic E-state index is 0.189. The van der Waals surface area contributed by atoms with Gasteiger partial charge >= 0.3 is 0 Å². The number of H-pyrrole nitrogens is 1. The molecule has 120 valence electrons. The van der Waals surface area contributed by atoms with Gasteiger partial charge < -0.3 is 14.4 Å². The van der Waals surface area contributed by atoms with Crippen molar-refractivity contribution >= 4 is 5.91 Å². The molecule has 3 rings (SSSR count). The summed E-state index contributed by atoms with van der Waals surface area (Å²) in [5, 5.41) is 16.7. The fraction of sp³-hybridized carbons (Fsp3) is 0.385. The highest BCUT2D eigenvalue weighted by atomic mass is 16.5. The highest BCUT2D eigenvalue weighted by Crippen LogP contribution is 2.22. The zero-order chi connectivity index (χ0) is 16.2. The summed E-state index contributed by atoms with van der Waals surface area (Å²) in [6.45, 7) is 4.06. The van der Waals surface area contributed by atoms with E-state index in [1.54, 1.807) is 0 Å². The lowest BCUT2D eigenvalue weighted by molar-refractivity contribution is 0.0913. The summed E-state index contributed by atoms with van der Waals surface area (Å²) < 4.78 is 9.94. The van der Waals surface area contributed by atoms with Crippen molar-refractivity contribution in [1.29, 1.82) is 0 Å². The van der Waals surface area contributed by atoms with Crippen LogP contribution in [-0.2, 0) is 0 Å². The monoisotopic (exact) mass is 317 g/mol. The van der Waals surface area contributed by atoms with Gasteiger partial charge in [-0.3, -0.25) is 9.89 Å². The van der Waals surface area contributed by atoms with E-state index in [2.05, 4.69) is 40.3 Å². The predicted octanol–water partition coefficient (Wildman–Crippen LogP) is 1.36. The van der Waals surface area contributed by atoms with Gasteiger partial charge in [-0.2, -0.15) is 10.1 Å². The van der Waals surface area contributed by atoms with Crippen LogP contribution in [0.15, 0.2) is 27.7 Å². The molecular formula is C13H15N7O3. The molecule has 10 nitrogen and oxygen atoms in total. The maximum absolute atomic E-state index is 12.2. The van der Waals surface area contributed by atoms with Crippen LogP contribution in [0.5, 0.6) is 0 Å². The third kappa shape index (κ3) is 3.42. The number of rotatable bonds is 6. The topological polar surface area (TPSA) is 136 Å². The van der Waals surface area contributed by atoms with Crippen LogP contribution < -0.4 is 5.32 Å². The first-order valence-corrected chi connectivity index (χ1v) is 7.04. The summed E-state index contributed by atoms with van der Waals surface area (Å²) in [6, 6.07) is 1.04. The fourth-order valence-corrected chi connectivity index (χ4v) is 2.04. The van der Waals surface area contributed by atoms with Crippen LogP contribution in [-0.4, -0.2) is 36.4 Å². The summed E-state index contributed by atoms with van der Waals surface area (Å²) >= 11 is 0. The lowest BCUT2D eigenvalue weighted by Gasteiger charge is -2.16. The second-order valence-corrected chi connectivity index (χ2v) is 5.33. The Morgan fingerprint density at radius 1 is 1.39 bits per heavy atom. The summed E-state index contributed by atoms with van der Waals surface area (Å²) in [5.41, 5.74) is 0.189. The average molecular weight is 317 g/mol. The fourth-order valence-electron chi connectivity index (χ4n) is 2.04. The molecule has 0 saturated carbocycles. The highest BCUT2D eigenvalue weighted by Gasteiger charge is 2.24. The van der Waals surface area contributed by atoms with Crippen LogP contribution >= 0.6 is 0 Å².